The summed E-state index contributed by atoms with van der Waals surface area (Å²) in [5.41, 5.74) is 6.36. The molecule has 0 aliphatic rings. The summed E-state index contributed by atoms with van der Waals surface area (Å²) in [4.78, 5) is 23.2. The van der Waals surface area contributed by atoms with Gasteiger partial charge in [-0.05, 0) is 36.6 Å². The fraction of sp³-hybridized carbons (Fsp3) is 0.440. The SMILES string of the molecule is CCCCC(CC)COC(=O)c1ccccc1O.Nc1ccccc1C(=O)OCC(O)CO. The topological polar surface area (TPSA) is 139 Å². The van der Waals surface area contributed by atoms with Crippen LogP contribution in [0.5, 0.6) is 5.75 Å². The van der Waals surface area contributed by atoms with Gasteiger partial charge >= 0.3 is 11.9 Å². The minimum atomic E-state index is -1.06. The van der Waals surface area contributed by atoms with Crippen LogP contribution in [0.25, 0.3) is 0 Å². The number of carbonyl (C=O) groups is 2. The number of hydrogen-bond acceptors (Lipinski definition) is 8. The van der Waals surface area contributed by atoms with Crippen LogP contribution in [-0.2, 0) is 9.47 Å². The molecule has 0 heterocycles. The Kier molecular flexibility index (Phi) is 13.3. The molecule has 182 valence electrons. The van der Waals surface area contributed by atoms with Gasteiger partial charge in [0.25, 0.3) is 0 Å². The number of benzene rings is 2. The number of ether oxygens (including phenoxy) is 2. The van der Waals surface area contributed by atoms with E-state index in [1.54, 1.807) is 36.4 Å². The molecule has 0 radical (unpaired) electrons. The number of esters is 2. The Labute approximate surface area is 195 Å². The van der Waals surface area contributed by atoms with E-state index in [0.29, 0.717) is 18.2 Å². The molecule has 0 fully saturated rings. The van der Waals surface area contributed by atoms with Gasteiger partial charge in [-0.3, -0.25) is 0 Å². The minimum Gasteiger partial charge on any atom is -0.507 e. The first-order valence-corrected chi connectivity index (χ1v) is 11.1. The third-order valence-corrected chi connectivity index (χ3v) is 4.92. The van der Waals surface area contributed by atoms with Gasteiger partial charge in [0.1, 0.15) is 24.0 Å². The number of aromatic hydroxyl groups is 1. The van der Waals surface area contributed by atoms with Gasteiger partial charge < -0.3 is 30.5 Å². The molecule has 8 heteroatoms. The number of nitrogens with two attached hydrogens (primary N) is 1. The first-order valence-electron chi connectivity index (χ1n) is 11.1. The number of phenolic OH excluding ortho intramolecular Hbond substituents is 1. The Morgan fingerprint density at radius 2 is 1.52 bits per heavy atom. The van der Waals surface area contributed by atoms with Crippen molar-refractivity contribution in [1.82, 2.24) is 0 Å². The average Bonchev–Trinajstić information content (AvgIpc) is 2.83. The van der Waals surface area contributed by atoms with E-state index in [0.717, 1.165) is 25.7 Å². The highest BCUT2D eigenvalue weighted by molar-refractivity contribution is 5.95. The van der Waals surface area contributed by atoms with E-state index in [1.165, 1.54) is 12.1 Å². The molecule has 0 saturated carbocycles. The predicted octanol–water partition coefficient (Wildman–Crippen LogP) is 3.54. The van der Waals surface area contributed by atoms with E-state index in [-0.39, 0.29) is 23.5 Å². The lowest BCUT2D eigenvalue weighted by atomic mass is 10.0. The molecular formula is C25H35NO7. The third kappa shape index (κ3) is 10.4. The smallest absolute Gasteiger partial charge is 0.341 e. The molecule has 0 bridgehead atoms. The molecular weight excluding hydrogens is 426 g/mol. The number of carbonyl (C=O) groups excluding carboxylic acids is 2. The van der Waals surface area contributed by atoms with Gasteiger partial charge in [0, 0.05) is 5.69 Å². The summed E-state index contributed by atoms with van der Waals surface area (Å²) < 4.78 is 9.99. The van der Waals surface area contributed by atoms with E-state index in [9.17, 15) is 14.7 Å². The van der Waals surface area contributed by atoms with Crippen LogP contribution >= 0.6 is 0 Å². The predicted molar refractivity (Wildman–Crippen MR) is 126 cm³/mol. The van der Waals surface area contributed by atoms with Gasteiger partial charge in [-0.15, -0.1) is 0 Å². The van der Waals surface area contributed by atoms with E-state index < -0.39 is 24.6 Å². The number of aliphatic hydroxyl groups is 2. The van der Waals surface area contributed by atoms with Crippen LogP contribution in [0.15, 0.2) is 48.5 Å². The number of para-hydroxylation sites is 2. The minimum absolute atomic E-state index is 0.0240. The van der Waals surface area contributed by atoms with Gasteiger partial charge in [0.15, 0.2) is 0 Å². The maximum atomic E-state index is 11.8. The van der Waals surface area contributed by atoms with Crippen molar-refractivity contribution >= 4 is 17.6 Å². The molecule has 0 saturated heterocycles. The largest absolute Gasteiger partial charge is 0.507 e. The summed E-state index contributed by atoms with van der Waals surface area (Å²) in [6.07, 6.45) is 3.35. The van der Waals surface area contributed by atoms with Crippen molar-refractivity contribution in [3.63, 3.8) is 0 Å². The summed E-state index contributed by atoms with van der Waals surface area (Å²) in [6.45, 7) is 4.00. The van der Waals surface area contributed by atoms with E-state index in [2.05, 4.69) is 13.8 Å². The van der Waals surface area contributed by atoms with Crippen molar-refractivity contribution in [1.29, 1.82) is 0 Å². The summed E-state index contributed by atoms with van der Waals surface area (Å²) in [7, 11) is 0. The number of rotatable bonds is 11. The Morgan fingerprint density at radius 1 is 0.939 bits per heavy atom. The van der Waals surface area contributed by atoms with Crippen molar-refractivity contribution in [2.24, 2.45) is 5.92 Å². The number of nitrogen functional groups attached to an aromatic ring is 1. The normalized spacial score (nSPS) is 12.1. The first-order chi connectivity index (χ1) is 15.8. The van der Waals surface area contributed by atoms with Gasteiger partial charge in [0.05, 0.1) is 18.8 Å². The van der Waals surface area contributed by atoms with Crippen LogP contribution in [0.1, 0.15) is 60.2 Å². The van der Waals surface area contributed by atoms with Gasteiger partial charge in [-0.2, -0.15) is 0 Å². The van der Waals surface area contributed by atoms with Crippen molar-refractivity contribution in [2.45, 2.75) is 45.6 Å². The first kappa shape index (κ1) is 27.9. The van der Waals surface area contributed by atoms with E-state index in [4.69, 9.17) is 25.4 Å². The summed E-state index contributed by atoms with van der Waals surface area (Å²) in [5, 5.41) is 27.0. The Hall–Kier alpha value is -3.10. The van der Waals surface area contributed by atoms with E-state index in [1.807, 2.05) is 0 Å². The second-order valence-electron chi connectivity index (χ2n) is 7.55. The highest BCUT2D eigenvalue weighted by Gasteiger charge is 2.14. The van der Waals surface area contributed by atoms with Crippen LogP contribution in [0, 0.1) is 5.92 Å². The summed E-state index contributed by atoms with van der Waals surface area (Å²) in [5.74, 6) is -0.660. The van der Waals surface area contributed by atoms with Gasteiger partial charge in [0.2, 0.25) is 0 Å². The summed E-state index contributed by atoms with van der Waals surface area (Å²) >= 11 is 0. The van der Waals surface area contributed by atoms with Crippen molar-refractivity contribution in [2.75, 3.05) is 25.6 Å². The number of unbranched alkanes of at least 4 members (excludes halogenated alkanes) is 1. The molecule has 0 aliphatic carbocycles. The van der Waals surface area contributed by atoms with Crippen LogP contribution in [0.3, 0.4) is 0 Å². The molecule has 2 unspecified atom stereocenters. The number of phenols is 1. The number of aliphatic hydroxyl groups excluding tert-OH is 2. The second kappa shape index (κ2) is 15.7. The maximum absolute atomic E-state index is 11.8. The third-order valence-electron chi connectivity index (χ3n) is 4.92. The number of anilines is 1. The molecule has 0 amide bonds. The molecule has 0 spiro atoms. The van der Waals surface area contributed by atoms with Crippen molar-refractivity contribution in [3.8, 4) is 5.75 Å². The highest BCUT2D eigenvalue weighted by Crippen LogP contribution is 2.18. The molecule has 0 aromatic heterocycles. The van der Waals surface area contributed by atoms with Crippen LogP contribution in [0.4, 0.5) is 5.69 Å². The molecule has 0 aliphatic heterocycles. The van der Waals surface area contributed by atoms with Crippen LogP contribution in [0.2, 0.25) is 0 Å². The maximum Gasteiger partial charge on any atom is 0.341 e. The fourth-order valence-electron chi connectivity index (χ4n) is 2.80. The zero-order valence-corrected chi connectivity index (χ0v) is 19.3. The lowest BCUT2D eigenvalue weighted by Gasteiger charge is -2.14. The van der Waals surface area contributed by atoms with Crippen LogP contribution in [-0.4, -0.2) is 53.2 Å². The second-order valence-corrected chi connectivity index (χ2v) is 7.55. The Bertz CT molecular complexity index is 856. The molecule has 8 nitrogen and oxygen atoms in total. The van der Waals surface area contributed by atoms with E-state index >= 15 is 0 Å². The number of hydrogen-bond donors (Lipinski definition) is 4. The van der Waals surface area contributed by atoms with Gasteiger partial charge in [-0.1, -0.05) is 57.4 Å². The molecule has 5 N–H and O–H groups in total. The standard InChI is InChI=1S/C15H22O3.C10H13NO4/c1-3-5-8-12(4-2)11-18-15(17)13-9-6-7-10-14(13)16;11-9-4-2-1-3-8(9)10(14)15-6-7(13)5-12/h6-7,9-10,12,16H,3-5,8,11H2,1-2H3;1-4,7,12-13H,5-6,11H2. The lowest BCUT2D eigenvalue weighted by molar-refractivity contribution is 0.00940. The molecule has 2 aromatic rings. The Morgan fingerprint density at radius 3 is 2.09 bits per heavy atom. The zero-order valence-electron chi connectivity index (χ0n) is 19.3. The zero-order chi connectivity index (χ0) is 24.6. The Balaban J connectivity index is 0.000000335. The molecule has 2 aromatic carbocycles. The van der Waals surface area contributed by atoms with Gasteiger partial charge in [-0.25, -0.2) is 9.59 Å². The van der Waals surface area contributed by atoms with Crippen molar-refractivity contribution in [3.05, 3.63) is 59.7 Å². The molecule has 2 rings (SSSR count). The molecule has 2 atom stereocenters. The summed E-state index contributed by atoms with van der Waals surface area (Å²) in [6, 6.07) is 12.9. The monoisotopic (exact) mass is 461 g/mol. The van der Waals surface area contributed by atoms with Crippen LogP contribution < -0.4 is 5.73 Å². The highest BCUT2D eigenvalue weighted by atomic mass is 16.5. The molecule has 33 heavy (non-hydrogen) atoms. The quantitative estimate of drug-likeness (QED) is 0.294. The fourth-order valence-corrected chi connectivity index (χ4v) is 2.80. The van der Waals surface area contributed by atoms with Crippen molar-refractivity contribution < 1.29 is 34.4 Å². The average molecular weight is 462 g/mol. The lowest BCUT2D eigenvalue weighted by Crippen LogP contribution is -2.22.